The number of nitrogens with two attached hydrogens (primary N) is 1. The number of hydrogen-bond acceptors (Lipinski definition) is 3. The SMILES string of the molecule is COCC1CCN(C(CN)C2CC2)C1. The highest BCUT2D eigenvalue weighted by Crippen LogP contribution is 2.36. The van der Waals surface area contributed by atoms with Crippen molar-refractivity contribution in [2.24, 2.45) is 17.6 Å². The third-order valence-corrected chi connectivity index (χ3v) is 3.60. The van der Waals surface area contributed by atoms with Crippen LogP contribution in [0.4, 0.5) is 0 Å². The number of methoxy groups -OCH3 is 1. The van der Waals surface area contributed by atoms with Crippen molar-refractivity contribution >= 4 is 0 Å². The van der Waals surface area contributed by atoms with Gasteiger partial charge in [0.15, 0.2) is 0 Å². The van der Waals surface area contributed by atoms with Gasteiger partial charge in [-0.25, -0.2) is 0 Å². The number of likely N-dealkylation sites (tertiary alicyclic amines) is 1. The van der Waals surface area contributed by atoms with Crippen LogP contribution < -0.4 is 5.73 Å². The fourth-order valence-corrected chi connectivity index (χ4v) is 2.66. The summed E-state index contributed by atoms with van der Waals surface area (Å²) in [4.78, 5) is 2.58. The largest absolute Gasteiger partial charge is 0.384 e. The van der Waals surface area contributed by atoms with Crippen molar-refractivity contribution in [1.29, 1.82) is 0 Å². The maximum atomic E-state index is 5.84. The first-order chi connectivity index (χ1) is 6.85. The minimum Gasteiger partial charge on any atom is -0.384 e. The average molecular weight is 198 g/mol. The first-order valence-corrected chi connectivity index (χ1v) is 5.78. The molecule has 2 rings (SSSR count). The van der Waals surface area contributed by atoms with Crippen molar-refractivity contribution < 1.29 is 4.74 Å². The molecule has 0 aromatic rings. The van der Waals surface area contributed by atoms with E-state index < -0.39 is 0 Å². The van der Waals surface area contributed by atoms with Gasteiger partial charge in [-0.2, -0.15) is 0 Å². The molecule has 0 radical (unpaired) electrons. The van der Waals surface area contributed by atoms with Crippen molar-refractivity contribution in [3.8, 4) is 0 Å². The highest BCUT2D eigenvalue weighted by Gasteiger charge is 2.37. The normalized spacial score (nSPS) is 30.9. The quantitative estimate of drug-likeness (QED) is 0.706. The Hall–Kier alpha value is -0.120. The van der Waals surface area contributed by atoms with Crippen LogP contribution in [-0.4, -0.2) is 44.3 Å². The number of hydrogen-bond donors (Lipinski definition) is 1. The Morgan fingerprint density at radius 1 is 1.43 bits per heavy atom. The van der Waals surface area contributed by atoms with E-state index >= 15 is 0 Å². The lowest BCUT2D eigenvalue weighted by Gasteiger charge is -2.26. The summed E-state index contributed by atoms with van der Waals surface area (Å²) in [5, 5.41) is 0. The minimum absolute atomic E-state index is 0.664. The summed E-state index contributed by atoms with van der Waals surface area (Å²) in [7, 11) is 1.80. The van der Waals surface area contributed by atoms with E-state index in [-0.39, 0.29) is 0 Å². The topological polar surface area (TPSA) is 38.5 Å². The van der Waals surface area contributed by atoms with E-state index in [1.807, 2.05) is 0 Å². The molecule has 3 nitrogen and oxygen atoms in total. The third-order valence-electron chi connectivity index (χ3n) is 3.60. The van der Waals surface area contributed by atoms with Crippen LogP contribution in [0.15, 0.2) is 0 Å². The molecule has 2 aliphatic rings. The zero-order valence-electron chi connectivity index (χ0n) is 9.11. The van der Waals surface area contributed by atoms with Crippen LogP contribution >= 0.6 is 0 Å². The van der Waals surface area contributed by atoms with Gasteiger partial charge >= 0.3 is 0 Å². The van der Waals surface area contributed by atoms with Crippen molar-refractivity contribution in [3.63, 3.8) is 0 Å². The molecule has 0 spiro atoms. The molecule has 14 heavy (non-hydrogen) atoms. The molecule has 2 unspecified atom stereocenters. The second-order valence-electron chi connectivity index (χ2n) is 4.75. The van der Waals surface area contributed by atoms with E-state index in [4.69, 9.17) is 10.5 Å². The van der Waals surface area contributed by atoms with Gasteiger partial charge in [0.25, 0.3) is 0 Å². The van der Waals surface area contributed by atoms with E-state index in [9.17, 15) is 0 Å². The Balaban J connectivity index is 1.80. The van der Waals surface area contributed by atoms with Gasteiger partial charge < -0.3 is 10.5 Å². The van der Waals surface area contributed by atoms with Gasteiger partial charge in [0.05, 0.1) is 6.61 Å². The van der Waals surface area contributed by atoms with Gasteiger partial charge in [-0.05, 0) is 37.6 Å². The molecule has 2 N–H and O–H groups in total. The molecule has 0 amide bonds. The lowest BCUT2D eigenvalue weighted by atomic mass is 10.1. The maximum Gasteiger partial charge on any atom is 0.0503 e. The second-order valence-corrected chi connectivity index (χ2v) is 4.75. The summed E-state index contributed by atoms with van der Waals surface area (Å²) in [6, 6.07) is 0.664. The molecule has 1 heterocycles. The number of rotatable bonds is 5. The van der Waals surface area contributed by atoms with E-state index in [2.05, 4.69) is 4.90 Å². The molecule has 0 aromatic heterocycles. The lowest BCUT2D eigenvalue weighted by molar-refractivity contribution is 0.144. The third kappa shape index (κ3) is 2.27. The Morgan fingerprint density at radius 2 is 2.21 bits per heavy atom. The summed E-state index contributed by atoms with van der Waals surface area (Å²) in [5.74, 6) is 1.65. The van der Waals surface area contributed by atoms with Crippen LogP contribution in [0.2, 0.25) is 0 Å². The van der Waals surface area contributed by atoms with Crippen LogP contribution in [0.25, 0.3) is 0 Å². The van der Waals surface area contributed by atoms with Crippen molar-refractivity contribution in [1.82, 2.24) is 4.90 Å². The van der Waals surface area contributed by atoms with Crippen LogP contribution in [0, 0.1) is 11.8 Å². The predicted octanol–water partition coefficient (Wildman–Crippen LogP) is 0.692. The standard InChI is InChI=1S/C11H22N2O/c1-14-8-9-4-5-13(7-9)11(6-12)10-2-3-10/h9-11H,2-8,12H2,1H3. The predicted molar refractivity (Wildman–Crippen MR) is 57.1 cm³/mol. The first-order valence-electron chi connectivity index (χ1n) is 5.78. The Kier molecular flexibility index (Phi) is 3.42. The summed E-state index contributed by atoms with van der Waals surface area (Å²) in [6.45, 7) is 4.18. The van der Waals surface area contributed by atoms with Crippen molar-refractivity contribution in [3.05, 3.63) is 0 Å². The Morgan fingerprint density at radius 3 is 2.79 bits per heavy atom. The van der Waals surface area contributed by atoms with Gasteiger partial charge in [-0.1, -0.05) is 0 Å². The highest BCUT2D eigenvalue weighted by molar-refractivity contribution is 4.91. The van der Waals surface area contributed by atoms with Gasteiger partial charge in [0.1, 0.15) is 0 Å². The van der Waals surface area contributed by atoms with Gasteiger partial charge in [-0.15, -0.1) is 0 Å². The minimum atomic E-state index is 0.664. The molecule has 2 fully saturated rings. The molecule has 1 aliphatic heterocycles. The molecule has 1 saturated carbocycles. The zero-order valence-corrected chi connectivity index (χ0v) is 9.11. The van der Waals surface area contributed by atoms with Gasteiger partial charge in [0, 0.05) is 26.2 Å². The fourth-order valence-electron chi connectivity index (χ4n) is 2.66. The number of nitrogens with zero attached hydrogens (tertiary/aromatic N) is 1. The Bertz CT molecular complexity index is 182. The molecule has 0 bridgehead atoms. The van der Waals surface area contributed by atoms with Crippen LogP contribution in [0.3, 0.4) is 0 Å². The molecule has 0 aromatic carbocycles. The van der Waals surface area contributed by atoms with Crippen molar-refractivity contribution in [2.45, 2.75) is 25.3 Å². The highest BCUT2D eigenvalue weighted by atomic mass is 16.5. The first kappa shape index (κ1) is 10.4. The summed E-state index contributed by atoms with van der Waals surface area (Å²) >= 11 is 0. The number of ether oxygens (including phenoxy) is 1. The molecule has 82 valence electrons. The molecule has 3 heteroatoms. The van der Waals surface area contributed by atoms with E-state index in [1.165, 1.54) is 32.4 Å². The fraction of sp³-hybridized carbons (Fsp3) is 1.00. The second kappa shape index (κ2) is 4.60. The molecule has 1 saturated heterocycles. The van der Waals surface area contributed by atoms with E-state index in [0.29, 0.717) is 6.04 Å². The van der Waals surface area contributed by atoms with Crippen LogP contribution in [0.1, 0.15) is 19.3 Å². The van der Waals surface area contributed by atoms with E-state index in [0.717, 1.165) is 25.0 Å². The maximum absolute atomic E-state index is 5.84. The van der Waals surface area contributed by atoms with Crippen LogP contribution in [0.5, 0.6) is 0 Å². The van der Waals surface area contributed by atoms with Gasteiger partial charge in [0.2, 0.25) is 0 Å². The van der Waals surface area contributed by atoms with E-state index in [1.54, 1.807) is 7.11 Å². The van der Waals surface area contributed by atoms with Crippen LogP contribution in [-0.2, 0) is 4.74 Å². The van der Waals surface area contributed by atoms with Gasteiger partial charge in [-0.3, -0.25) is 4.90 Å². The van der Waals surface area contributed by atoms with Crippen molar-refractivity contribution in [2.75, 3.05) is 33.4 Å². The monoisotopic (exact) mass is 198 g/mol. The summed E-state index contributed by atoms with van der Waals surface area (Å²) < 4.78 is 5.21. The zero-order chi connectivity index (χ0) is 9.97. The molecular formula is C11H22N2O. The molecular weight excluding hydrogens is 176 g/mol. The summed E-state index contributed by atoms with van der Waals surface area (Å²) in [5.41, 5.74) is 5.84. The average Bonchev–Trinajstić information content (AvgIpc) is 2.90. The molecule has 2 atom stereocenters. The smallest absolute Gasteiger partial charge is 0.0503 e. The molecule has 1 aliphatic carbocycles. The lowest BCUT2D eigenvalue weighted by Crippen LogP contribution is -2.40. The Labute approximate surface area is 86.6 Å². The summed E-state index contributed by atoms with van der Waals surface area (Å²) in [6.07, 6.45) is 4.08.